The minimum atomic E-state index is -0.287. The van der Waals surface area contributed by atoms with Crippen LogP contribution in [-0.2, 0) is 11.4 Å². The Bertz CT molecular complexity index is 884. The molecule has 0 unspecified atom stereocenters. The molecule has 0 saturated carbocycles. The second kappa shape index (κ2) is 8.20. The van der Waals surface area contributed by atoms with Gasteiger partial charge in [0.05, 0.1) is 9.93 Å². The molecule has 1 fully saturated rings. The van der Waals surface area contributed by atoms with Crippen molar-refractivity contribution in [1.29, 1.82) is 0 Å². The minimum absolute atomic E-state index is 0.0877. The van der Waals surface area contributed by atoms with Gasteiger partial charge in [-0.15, -0.1) is 0 Å². The Labute approximate surface area is 165 Å². The quantitative estimate of drug-likeness (QED) is 0.498. The number of amides is 1. The summed E-state index contributed by atoms with van der Waals surface area (Å²) in [5, 5.41) is 0.437. The van der Waals surface area contributed by atoms with Crippen LogP contribution in [0.5, 0.6) is 5.75 Å². The van der Waals surface area contributed by atoms with Crippen LogP contribution in [0.4, 0.5) is 4.39 Å². The van der Waals surface area contributed by atoms with E-state index in [0.29, 0.717) is 26.5 Å². The van der Waals surface area contributed by atoms with E-state index in [9.17, 15) is 9.18 Å². The number of nitrogens with zero attached hydrogens (tertiary/aromatic N) is 1. The highest BCUT2D eigenvalue weighted by Crippen LogP contribution is 2.34. The molecule has 0 bridgehead atoms. The Morgan fingerprint density at radius 2 is 2.00 bits per heavy atom. The summed E-state index contributed by atoms with van der Waals surface area (Å²) in [6.07, 6.45) is 1.77. The van der Waals surface area contributed by atoms with E-state index in [0.717, 1.165) is 11.1 Å². The maximum Gasteiger partial charge on any atom is 0.266 e. The van der Waals surface area contributed by atoms with Gasteiger partial charge >= 0.3 is 0 Å². The van der Waals surface area contributed by atoms with Crippen molar-refractivity contribution in [2.24, 2.45) is 0 Å². The molecule has 134 valence electrons. The number of thioether (sulfide) groups is 1. The van der Waals surface area contributed by atoms with Crippen LogP contribution in [0.1, 0.15) is 18.1 Å². The monoisotopic (exact) mass is 407 g/mol. The fourth-order valence-electron chi connectivity index (χ4n) is 2.39. The topological polar surface area (TPSA) is 29.5 Å². The number of carbonyl (C=O) groups is 1. The van der Waals surface area contributed by atoms with Gasteiger partial charge in [-0.25, -0.2) is 4.39 Å². The first-order valence-electron chi connectivity index (χ1n) is 7.90. The van der Waals surface area contributed by atoms with Gasteiger partial charge in [-0.2, -0.15) is 0 Å². The van der Waals surface area contributed by atoms with Crippen LogP contribution in [-0.4, -0.2) is 21.7 Å². The zero-order valence-electron chi connectivity index (χ0n) is 13.9. The molecule has 1 heterocycles. The lowest BCUT2D eigenvalue weighted by atomic mass is 10.2. The van der Waals surface area contributed by atoms with Crippen LogP contribution in [0.15, 0.2) is 47.4 Å². The van der Waals surface area contributed by atoms with E-state index >= 15 is 0 Å². The normalized spacial score (nSPS) is 15.8. The molecule has 0 radical (unpaired) electrons. The summed E-state index contributed by atoms with van der Waals surface area (Å²) < 4.78 is 19.2. The highest BCUT2D eigenvalue weighted by molar-refractivity contribution is 8.26. The first-order chi connectivity index (χ1) is 12.5. The molecule has 2 aromatic rings. The predicted molar refractivity (Wildman–Crippen MR) is 108 cm³/mol. The molecule has 1 aliphatic heterocycles. The maximum absolute atomic E-state index is 12.9. The Kier molecular flexibility index (Phi) is 5.96. The second-order valence-corrected chi connectivity index (χ2v) is 7.61. The van der Waals surface area contributed by atoms with Gasteiger partial charge in [-0.05, 0) is 48.4 Å². The minimum Gasteiger partial charge on any atom is -0.487 e. The third-order valence-electron chi connectivity index (χ3n) is 3.75. The number of likely N-dealkylation sites (N-methyl/N-ethyl adjacent to an activating group) is 1. The number of carbonyl (C=O) groups excluding carboxylic acids is 1. The molecule has 3 nitrogen and oxygen atoms in total. The summed E-state index contributed by atoms with van der Waals surface area (Å²) >= 11 is 12.8. The van der Waals surface area contributed by atoms with Crippen molar-refractivity contribution < 1.29 is 13.9 Å². The van der Waals surface area contributed by atoms with Gasteiger partial charge in [0.15, 0.2) is 0 Å². The van der Waals surface area contributed by atoms with E-state index in [1.165, 1.54) is 23.9 Å². The molecule has 7 heteroatoms. The van der Waals surface area contributed by atoms with Gasteiger partial charge in [-0.1, -0.05) is 53.8 Å². The highest BCUT2D eigenvalue weighted by atomic mass is 35.5. The SMILES string of the molecule is CCN1C(=O)/C(=C\c2ccc(OCc3ccc(F)cc3)c(Cl)c2)SC1=S. The number of ether oxygens (including phenoxy) is 1. The lowest BCUT2D eigenvalue weighted by Gasteiger charge is -2.10. The van der Waals surface area contributed by atoms with Gasteiger partial charge < -0.3 is 4.74 Å². The van der Waals surface area contributed by atoms with Gasteiger partial charge in [0.1, 0.15) is 22.5 Å². The summed E-state index contributed by atoms with van der Waals surface area (Å²) in [5.41, 5.74) is 1.63. The number of hydrogen-bond acceptors (Lipinski definition) is 4. The van der Waals surface area contributed by atoms with Crippen LogP contribution in [0, 0.1) is 5.82 Å². The van der Waals surface area contributed by atoms with E-state index < -0.39 is 0 Å². The molecule has 1 aliphatic rings. The van der Waals surface area contributed by atoms with E-state index in [4.69, 9.17) is 28.6 Å². The predicted octanol–water partition coefficient (Wildman–Crippen LogP) is 5.28. The van der Waals surface area contributed by atoms with Crippen LogP contribution in [0.25, 0.3) is 6.08 Å². The van der Waals surface area contributed by atoms with Crippen molar-refractivity contribution in [2.75, 3.05) is 6.54 Å². The Balaban J connectivity index is 1.71. The molecule has 0 atom stereocenters. The number of hydrogen-bond donors (Lipinski definition) is 0. The van der Waals surface area contributed by atoms with Crippen molar-refractivity contribution in [3.05, 3.63) is 69.3 Å². The lowest BCUT2D eigenvalue weighted by Crippen LogP contribution is -2.27. The van der Waals surface area contributed by atoms with Gasteiger partial charge in [-0.3, -0.25) is 9.69 Å². The maximum atomic E-state index is 12.9. The summed E-state index contributed by atoms with van der Waals surface area (Å²) in [6, 6.07) is 11.4. The highest BCUT2D eigenvalue weighted by Gasteiger charge is 2.30. The van der Waals surface area contributed by atoms with Crippen LogP contribution in [0.2, 0.25) is 5.02 Å². The standard InChI is InChI=1S/C19H15ClFNO2S2/c1-2-22-18(23)17(26-19(22)25)10-13-5-8-16(15(20)9-13)24-11-12-3-6-14(21)7-4-12/h3-10H,2,11H2,1H3/b17-10+. The molecule has 0 aliphatic carbocycles. The molecule has 3 rings (SSSR count). The summed E-state index contributed by atoms with van der Waals surface area (Å²) in [7, 11) is 0. The van der Waals surface area contributed by atoms with Gasteiger partial charge in [0, 0.05) is 6.54 Å². The summed E-state index contributed by atoms with van der Waals surface area (Å²) in [4.78, 5) is 14.4. The van der Waals surface area contributed by atoms with Crippen LogP contribution >= 0.6 is 35.6 Å². The first kappa shape index (κ1) is 18.9. The van der Waals surface area contributed by atoms with Crippen molar-refractivity contribution >= 4 is 51.9 Å². The van der Waals surface area contributed by atoms with E-state index in [2.05, 4.69) is 0 Å². The first-order valence-corrected chi connectivity index (χ1v) is 9.50. The average Bonchev–Trinajstić information content (AvgIpc) is 2.88. The number of thiocarbonyl (C=S) groups is 1. The smallest absolute Gasteiger partial charge is 0.266 e. The van der Waals surface area contributed by atoms with Gasteiger partial charge in [0.25, 0.3) is 5.91 Å². The largest absolute Gasteiger partial charge is 0.487 e. The van der Waals surface area contributed by atoms with Gasteiger partial charge in [0.2, 0.25) is 0 Å². The fraction of sp³-hybridized carbons (Fsp3) is 0.158. The van der Waals surface area contributed by atoms with E-state index in [1.54, 1.807) is 35.2 Å². The third-order valence-corrected chi connectivity index (χ3v) is 5.42. The van der Waals surface area contributed by atoms with Crippen molar-refractivity contribution in [3.63, 3.8) is 0 Å². The Hall–Kier alpha value is -1.89. The third kappa shape index (κ3) is 4.26. The Morgan fingerprint density at radius 1 is 1.27 bits per heavy atom. The zero-order valence-corrected chi connectivity index (χ0v) is 16.3. The molecule has 0 N–H and O–H groups in total. The molecule has 0 spiro atoms. The lowest BCUT2D eigenvalue weighted by molar-refractivity contribution is -0.121. The number of rotatable bonds is 5. The van der Waals surface area contributed by atoms with E-state index in [1.807, 2.05) is 13.0 Å². The average molecular weight is 408 g/mol. The summed E-state index contributed by atoms with van der Waals surface area (Å²) in [5.74, 6) is 0.147. The van der Waals surface area contributed by atoms with Crippen molar-refractivity contribution in [2.45, 2.75) is 13.5 Å². The van der Waals surface area contributed by atoms with Crippen molar-refractivity contribution in [1.82, 2.24) is 4.90 Å². The fourth-order valence-corrected chi connectivity index (χ4v) is 4.02. The zero-order chi connectivity index (χ0) is 18.7. The van der Waals surface area contributed by atoms with Crippen molar-refractivity contribution in [3.8, 4) is 5.75 Å². The molecule has 1 saturated heterocycles. The molecular formula is C19H15ClFNO2S2. The number of halogens is 2. The number of benzene rings is 2. The molecule has 2 aromatic carbocycles. The molecular weight excluding hydrogens is 393 g/mol. The van der Waals surface area contributed by atoms with Crippen LogP contribution < -0.4 is 4.74 Å². The second-order valence-electron chi connectivity index (χ2n) is 5.53. The van der Waals surface area contributed by atoms with E-state index in [-0.39, 0.29) is 18.3 Å². The molecule has 26 heavy (non-hydrogen) atoms. The Morgan fingerprint density at radius 3 is 2.62 bits per heavy atom. The summed E-state index contributed by atoms with van der Waals surface area (Å²) in [6.45, 7) is 2.73. The molecule has 1 amide bonds. The van der Waals surface area contributed by atoms with Crippen LogP contribution in [0.3, 0.4) is 0 Å². The molecule has 0 aromatic heterocycles.